The predicted octanol–water partition coefficient (Wildman–Crippen LogP) is 2.33. The summed E-state index contributed by atoms with van der Waals surface area (Å²) in [5, 5.41) is 0. The van der Waals surface area contributed by atoms with E-state index in [0.717, 1.165) is 18.5 Å². The van der Waals surface area contributed by atoms with Crippen molar-refractivity contribution < 1.29 is 0 Å². The third kappa shape index (κ3) is 3.15. The highest BCUT2D eigenvalue weighted by molar-refractivity contribution is 5.46. The Kier molecular flexibility index (Phi) is 4.58. The topological polar surface area (TPSA) is 32.5 Å². The van der Waals surface area contributed by atoms with E-state index in [4.69, 9.17) is 5.73 Å². The summed E-state index contributed by atoms with van der Waals surface area (Å²) in [5.74, 6) is 0.732. The first kappa shape index (κ1) is 13.9. The van der Waals surface area contributed by atoms with Crippen LogP contribution in [0.25, 0.3) is 0 Å². The highest BCUT2D eigenvalue weighted by Crippen LogP contribution is 2.25. The van der Waals surface area contributed by atoms with Crippen LogP contribution in [0.1, 0.15) is 25.7 Å². The van der Waals surface area contributed by atoms with E-state index in [2.05, 4.69) is 40.1 Å². The first-order valence-electron chi connectivity index (χ1n) is 8.11. The molecule has 110 valence electrons. The molecule has 0 bridgehead atoms. The molecule has 0 spiro atoms. The number of hydrogen-bond donors (Lipinski definition) is 1. The SMILES string of the molecule is NCC1CCCN(C2CCN(c3ccccc3)CC2)C1. The Hall–Kier alpha value is -1.06. The molecule has 2 aliphatic heterocycles. The lowest BCUT2D eigenvalue weighted by Gasteiger charge is -2.42. The van der Waals surface area contributed by atoms with E-state index in [1.807, 2.05) is 0 Å². The Morgan fingerprint density at radius 2 is 1.75 bits per heavy atom. The Morgan fingerprint density at radius 1 is 1.00 bits per heavy atom. The third-order valence-corrected chi connectivity index (χ3v) is 4.99. The quantitative estimate of drug-likeness (QED) is 0.917. The maximum absolute atomic E-state index is 5.86. The summed E-state index contributed by atoms with van der Waals surface area (Å²) in [6.45, 7) is 5.76. The number of nitrogens with two attached hydrogens (primary N) is 1. The molecule has 2 N–H and O–H groups in total. The highest BCUT2D eigenvalue weighted by atomic mass is 15.2. The van der Waals surface area contributed by atoms with Crippen molar-refractivity contribution in [3.8, 4) is 0 Å². The van der Waals surface area contributed by atoms with Gasteiger partial charge in [-0.15, -0.1) is 0 Å². The first-order chi connectivity index (χ1) is 9.86. The minimum Gasteiger partial charge on any atom is -0.371 e. The van der Waals surface area contributed by atoms with E-state index in [1.165, 1.54) is 57.5 Å². The molecule has 3 nitrogen and oxygen atoms in total. The summed E-state index contributed by atoms with van der Waals surface area (Å²) in [6.07, 6.45) is 5.26. The van der Waals surface area contributed by atoms with E-state index in [0.29, 0.717) is 0 Å². The van der Waals surface area contributed by atoms with Crippen molar-refractivity contribution >= 4 is 5.69 Å². The smallest absolute Gasteiger partial charge is 0.0366 e. The number of hydrogen-bond acceptors (Lipinski definition) is 3. The van der Waals surface area contributed by atoms with Crippen molar-refractivity contribution in [2.24, 2.45) is 11.7 Å². The molecule has 3 rings (SSSR count). The number of piperidine rings is 2. The van der Waals surface area contributed by atoms with Gasteiger partial charge in [0.2, 0.25) is 0 Å². The summed E-state index contributed by atoms with van der Waals surface area (Å²) in [6, 6.07) is 11.6. The van der Waals surface area contributed by atoms with Crippen molar-refractivity contribution in [1.82, 2.24) is 4.90 Å². The standard InChI is InChI=1S/C17H27N3/c18-13-15-5-4-10-20(14-15)17-8-11-19(12-9-17)16-6-2-1-3-7-16/h1-3,6-7,15,17H,4-5,8-14,18H2. The van der Waals surface area contributed by atoms with Gasteiger partial charge in [-0.25, -0.2) is 0 Å². The Bertz CT molecular complexity index is 398. The Morgan fingerprint density at radius 3 is 2.45 bits per heavy atom. The summed E-state index contributed by atoms with van der Waals surface area (Å²) in [5.41, 5.74) is 7.24. The zero-order valence-electron chi connectivity index (χ0n) is 12.4. The largest absolute Gasteiger partial charge is 0.371 e. The maximum Gasteiger partial charge on any atom is 0.0366 e. The van der Waals surface area contributed by atoms with Crippen LogP contribution in [0.4, 0.5) is 5.69 Å². The van der Waals surface area contributed by atoms with Gasteiger partial charge in [-0.2, -0.15) is 0 Å². The first-order valence-corrected chi connectivity index (χ1v) is 8.11. The van der Waals surface area contributed by atoms with Gasteiger partial charge in [-0.3, -0.25) is 4.90 Å². The number of rotatable bonds is 3. The normalized spacial score (nSPS) is 25.9. The van der Waals surface area contributed by atoms with Crippen LogP contribution in [0.15, 0.2) is 30.3 Å². The minimum atomic E-state index is 0.732. The molecule has 0 aliphatic carbocycles. The van der Waals surface area contributed by atoms with Gasteiger partial charge in [0.15, 0.2) is 0 Å². The Labute approximate surface area is 122 Å². The van der Waals surface area contributed by atoms with Gasteiger partial charge < -0.3 is 10.6 Å². The van der Waals surface area contributed by atoms with Crippen molar-refractivity contribution in [3.63, 3.8) is 0 Å². The van der Waals surface area contributed by atoms with Crippen molar-refractivity contribution in [3.05, 3.63) is 30.3 Å². The molecular weight excluding hydrogens is 246 g/mol. The molecule has 2 saturated heterocycles. The monoisotopic (exact) mass is 273 g/mol. The van der Waals surface area contributed by atoms with Crippen LogP contribution in [0.5, 0.6) is 0 Å². The predicted molar refractivity (Wildman–Crippen MR) is 85.0 cm³/mol. The molecule has 0 saturated carbocycles. The fourth-order valence-corrected chi connectivity index (χ4v) is 3.75. The molecule has 1 atom stereocenters. The zero-order valence-corrected chi connectivity index (χ0v) is 12.4. The van der Waals surface area contributed by atoms with Crippen molar-refractivity contribution in [1.29, 1.82) is 0 Å². The lowest BCUT2D eigenvalue weighted by Crippen LogP contribution is -2.49. The average Bonchev–Trinajstić information content (AvgIpc) is 2.56. The number of benzene rings is 1. The molecule has 20 heavy (non-hydrogen) atoms. The van der Waals surface area contributed by atoms with Crippen LogP contribution < -0.4 is 10.6 Å². The molecule has 2 heterocycles. The summed E-state index contributed by atoms with van der Waals surface area (Å²) in [7, 11) is 0. The molecule has 0 amide bonds. The van der Waals surface area contributed by atoms with Gasteiger partial charge in [0.05, 0.1) is 0 Å². The second-order valence-corrected chi connectivity index (χ2v) is 6.29. The van der Waals surface area contributed by atoms with Crippen molar-refractivity contribution in [2.45, 2.75) is 31.7 Å². The third-order valence-electron chi connectivity index (χ3n) is 4.99. The number of anilines is 1. The zero-order chi connectivity index (χ0) is 13.8. The van der Waals surface area contributed by atoms with E-state index >= 15 is 0 Å². The van der Waals surface area contributed by atoms with Gasteiger partial charge in [-0.1, -0.05) is 18.2 Å². The number of nitrogens with zero attached hydrogens (tertiary/aromatic N) is 2. The molecule has 3 heteroatoms. The van der Waals surface area contributed by atoms with Crippen LogP contribution in [-0.4, -0.2) is 43.7 Å². The van der Waals surface area contributed by atoms with Gasteiger partial charge in [0.1, 0.15) is 0 Å². The van der Waals surface area contributed by atoms with Crippen LogP contribution in [0, 0.1) is 5.92 Å². The summed E-state index contributed by atoms with van der Waals surface area (Å²) < 4.78 is 0. The lowest BCUT2D eigenvalue weighted by molar-refractivity contribution is 0.109. The second kappa shape index (κ2) is 6.59. The van der Waals surface area contributed by atoms with Crippen molar-refractivity contribution in [2.75, 3.05) is 37.6 Å². The average molecular weight is 273 g/mol. The van der Waals surface area contributed by atoms with Gasteiger partial charge in [-0.05, 0) is 56.8 Å². The van der Waals surface area contributed by atoms with E-state index in [9.17, 15) is 0 Å². The Balaban J connectivity index is 1.53. The van der Waals surface area contributed by atoms with E-state index in [1.54, 1.807) is 0 Å². The molecule has 1 aromatic carbocycles. The van der Waals surface area contributed by atoms with Gasteiger partial charge in [0.25, 0.3) is 0 Å². The fraction of sp³-hybridized carbons (Fsp3) is 0.647. The molecule has 1 aromatic rings. The molecular formula is C17H27N3. The number of para-hydroxylation sites is 1. The van der Waals surface area contributed by atoms with Crippen LogP contribution in [0.2, 0.25) is 0 Å². The van der Waals surface area contributed by atoms with Gasteiger partial charge >= 0.3 is 0 Å². The summed E-state index contributed by atoms with van der Waals surface area (Å²) in [4.78, 5) is 5.24. The van der Waals surface area contributed by atoms with E-state index in [-0.39, 0.29) is 0 Å². The van der Waals surface area contributed by atoms with Crippen LogP contribution in [-0.2, 0) is 0 Å². The van der Waals surface area contributed by atoms with E-state index < -0.39 is 0 Å². The maximum atomic E-state index is 5.86. The molecule has 1 unspecified atom stereocenters. The number of likely N-dealkylation sites (tertiary alicyclic amines) is 1. The molecule has 2 fully saturated rings. The lowest BCUT2D eigenvalue weighted by atomic mass is 9.94. The molecule has 0 aromatic heterocycles. The fourth-order valence-electron chi connectivity index (χ4n) is 3.75. The molecule has 2 aliphatic rings. The highest BCUT2D eigenvalue weighted by Gasteiger charge is 2.28. The summed E-state index contributed by atoms with van der Waals surface area (Å²) >= 11 is 0. The second-order valence-electron chi connectivity index (χ2n) is 6.29. The van der Waals surface area contributed by atoms with Crippen LogP contribution in [0.3, 0.4) is 0 Å². The molecule has 0 radical (unpaired) electrons. The van der Waals surface area contributed by atoms with Crippen LogP contribution >= 0.6 is 0 Å². The van der Waals surface area contributed by atoms with Gasteiger partial charge in [0, 0.05) is 31.4 Å². The minimum absolute atomic E-state index is 0.732.